The topological polar surface area (TPSA) is 67.2 Å². The Bertz CT molecular complexity index is 829. The summed E-state index contributed by atoms with van der Waals surface area (Å²) in [5.74, 6) is 0.552. The second-order valence-electron chi connectivity index (χ2n) is 7.81. The molecule has 2 fully saturated rings. The highest BCUT2D eigenvalue weighted by Crippen LogP contribution is 2.32. The lowest BCUT2D eigenvalue weighted by molar-refractivity contribution is -0.896. The van der Waals surface area contributed by atoms with Crippen LogP contribution in [-0.4, -0.2) is 79.2 Å². The van der Waals surface area contributed by atoms with Gasteiger partial charge in [0, 0.05) is 19.0 Å². The minimum absolute atomic E-state index is 0.218. The van der Waals surface area contributed by atoms with Crippen molar-refractivity contribution in [1.82, 2.24) is 14.8 Å². The van der Waals surface area contributed by atoms with Crippen LogP contribution >= 0.6 is 11.3 Å². The Hall–Kier alpha value is -2.19. The first-order chi connectivity index (χ1) is 14.1. The number of aromatic nitrogens is 1. The number of nitrogens with zero attached hydrogens (tertiary/aromatic N) is 3. The van der Waals surface area contributed by atoms with Crippen molar-refractivity contribution in [1.29, 1.82) is 0 Å². The molecule has 2 aliphatic rings. The van der Waals surface area contributed by atoms with E-state index in [1.807, 2.05) is 24.0 Å². The summed E-state index contributed by atoms with van der Waals surface area (Å²) in [5, 5.41) is 1.15. The summed E-state index contributed by atoms with van der Waals surface area (Å²) < 4.78 is 6.28. The first-order valence-corrected chi connectivity index (χ1v) is 11.3. The van der Waals surface area contributed by atoms with Crippen LogP contribution in [0.5, 0.6) is 0 Å². The van der Waals surface area contributed by atoms with Gasteiger partial charge in [-0.25, -0.2) is 9.78 Å². The Morgan fingerprint density at radius 3 is 2.76 bits per heavy atom. The van der Waals surface area contributed by atoms with E-state index in [0.717, 1.165) is 49.5 Å². The molecule has 1 aromatic heterocycles. The summed E-state index contributed by atoms with van der Waals surface area (Å²) in [6.45, 7) is 7.20. The predicted molar refractivity (Wildman–Crippen MR) is 112 cm³/mol. The lowest BCUT2D eigenvalue weighted by Gasteiger charge is -2.35. The van der Waals surface area contributed by atoms with E-state index in [0.29, 0.717) is 32.2 Å². The fourth-order valence-electron chi connectivity index (χ4n) is 4.19. The molecule has 0 spiro atoms. The Kier molecular flexibility index (Phi) is 6.30. The van der Waals surface area contributed by atoms with E-state index in [9.17, 15) is 9.59 Å². The summed E-state index contributed by atoms with van der Waals surface area (Å²) >= 11 is 1.76. The van der Waals surface area contributed by atoms with Crippen LogP contribution in [0, 0.1) is 0 Å². The van der Waals surface area contributed by atoms with Crippen LogP contribution in [0.2, 0.25) is 0 Å². The number of para-hydroxylation sites is 1. The van der Waals surface area contributed by atoms with Gasteiger partial charge in [0.05, 0.1) is 48.0 Å². The fourth-order valence-corrected chi connectivity index (χ4v) is 5.29. The number of thiazole rings is 1. The van der Waals surface area contributed by atoms with Crippen molar-refractivity contribution in [2.24, 2.45) is 0 Å². The zero-order valence-electron chi connectivity index (χ0n) is 16.9. The molecular weight excluding hydrogens is 388 g/mol. The minimum Gasteiger partial charge on any atom is -0.450 e. The number of piperazine rings is 1. The summed E-state index contributed by atoms with van der Waals surface area (Å²) in [4.78, 5) is 34.6. The molecule has 0 unspecified atom stereocenters. The van der Waals surface area contributed by atoms with Crippen LogP contribution in [0.15, 0.2) is 24.3 Å². The Morgan fingerprint density at radius 2 is 2.00 bits per heavy atom. The van der Waals surface area contributed by atoms with E-state index in [2.05, 4.69) is 12.1 Å². The standard InChI is InChI=1S/C21H28N4O3S/c1-2-28-21(27)24-12-10-23(11-13-24)15-19(26)25-9-5-6-16(14-25)20-22-17-7-3-4-8-18(17)29-20/h3-4,7-8,16H,2,5-6,9-15H2,1H3/p+1/t16-/m1/s1. The second kappa shape index (κ2) is 9.09. The molecule has 7 nitrogen and oxygen atoms in total. The van der Waals surface area contributed by atoms with Crippen molar-refractivity contribution in [3.8, 4) is 0 Å². The molecule has 4 rings (SSSR count). The van der Waals surface area contributed by atoms with Crippen LogP contribution < -0.4 is 4.90 Å². The number of ether oxygens (including phenoxy) is 1. The number of carbonyl (C=O) groups excluding carboxylic acids is 2. The number of fused-ring (bicyclic) bond motifs is 1. The van der Waals surface area contributed by atoms with Gasteiger partial charge in [-0.3, -0.25) is 9.69 Å². The third-order valence-electron chi connectivity index (χ3n) is 5.83. The van der Waals surface area contributed by atoms with E-state index in [1.54, 1.807) is 16.2 Å². The van der Waals surface area contributed by atoms with Gasteiger partial charge in [0.25, 0.3) is 5.91 Å². The molecule has 156 valence electrons. The number of hydrogen-bond donors (Lipinski definition) is 1. The number of carbonyl (C=O) groups is 2. The van der Waals surface area contributed by atoms with E-state index in [-0.39, 0.29) is 12.0 Å². The van der Waals surface area contributed by atoms with Gasteiger partial charge in [-0.1, -0.05) is 12.1 Å². The molecule has 0 saturated carbocycles. The van der Waals surface area contributed by atoms with E-state index < -0.39 is 0 Å². The van der Waals surface area contributed by atoms with Crippen molar-refractivity contribution in [2.75, 3.05) is 52.4 Å². The molecule has 2 aromatic rings. The fraction of sp³-hybridized carbons (Fsp3) is 0.571. The van der Waals surface area contributed by atoms with Gasteiger partial charge >= 0.3 is 6.09 Å². The summed E-state index contributed by atoms with van der Waals surface area (Å²) in [5.41, 5.74) is 1.06. The zero-order valence-corrected chi connectivity index (χ0v) is 17.7. The van der Waals surface area contributed by atoms with Gasteiger partial charge in [0.15, 0.2) is 6.54 Å². The van der Waals surface area contributed by atoms with E-state index in [1.165, 1.54) is 9.60 Å². The number of benzene rings is 1. The number of piperidine rings is 1. The van der Waals surface area contributed by atoms with E-state index in [4.69, 9.17) is 9.72 Å². The van der Waals surface area contributed by atoms with Crippen molar-refractivity contribution in [3.63, 3.8) is 0 Å². The number of quaternary nitrogens is 1. The molecule has 8 heteroatoms. The van der Waals surface area contributed by atoms with Crippen molar-refractivity contribution in [3.05, 3.63) is 29.3 Å². The highest BCUT2D eigenvalue weighted by molar-refractivity contribution is 7.18. The van der Waals surface area contributed by atoms with Gasteiger partial charge in [0.2, 0.25) is 0 Å². The molecule has 1 atom stereocenters. The van der Waals surface area contributed by atoms with Gasteiger partial charge < -0.3 is 14.5 Å². The average molecular weight is 418 g/mol. The van der Waals surface area contributed by atoms with Gasteiger partial charge in [-0.15, -0.1) is 11.3 Å². The predicted octanol–water partition coefficient (Wildman–Crippen LogP) is 1.36. The lowest BCUT2D eigenvalue weighted by Crippen LogP contribution is -3.15. The maximum absolute atomic E-state index is 12.9. The van der Waals surface area contributed by atoms with Crippen LogP contribution in [-0.2, 0) is 9.53 Å². The highest BCUT2D eigenvalue weighted by Gasteiger charge is 2.31. The number of rotatable bonds is 4. The molecule has 0 aliphatic carbocycles. The number of amides is 2. The van der Waals surface area contributed by atoms with Crippen LogP contribution in [0.1, 0.15) is 30.7 Å². The third-order valence-corrected chi connectivity index (χ3v) is 7.03. The lowest BCUT2D eigenvalue weighted by atomic mass is 9.98. The molecule has 1 N–H and O–H groups in total. The molecule has 1 aromatic carbocycles. The van der Waals surface area contributed by atoms with E-state index >= 15 is 0 Å². The van der Waals surface area contributed by atoms with Crippen LogP contribution in [0.25, 0.3) is 10.2 Å². The number of likely N-dealkylation sites (tertiary alicyclic amines) is 1. The minimum atomic E-state index is -0.243. The monoisotopic (exact) mass is 417 g/mol. The quantitative estimate of drug-likeness (QED) is 0.816. The molecular formula is C21H29N4O3S+. The van der Waals surface area contributed by atoms with Crippen molar-refractivity contribution in [2.45, 2.75) is 25.7 Å². The van der Waals surface area contributed by atoms with Gasteiger partial charge in [0.1, 0.15) is 0 Å². The van der Waals surface area contributed by atoms with Crippen molar-refractivity contribution >= 4 is 33.6 Å². The Balaban J connectivity index is 1.30. The second-order valence-corrected chi connectivity index (χ2v) is 8.87. The molecule has 0 bridgehead atoms. The first-order valence-electron chi connectivity index (χ1n) is 10.5. The van der Waals surface area contributed by atoms with Crippen LogP contribution in [0.3, 0.4) is 0 Å². The largest absolute Gasteiger partial charge is 0.450 e. The summed E-state index contributed by atoms with van der Waals surface area (Å²) in [6, 6.07) is 8.24. The summed E-state index contributed by atoms with van der Waals surface area (Å²) in [7, 11) is 0. The number of hydrogen-bond acceptors (Lipinski definition) is 5. The Morgan fingerprint density at radius 1 is 1.21 bits per heavy atom. The third kappa shape index (κ3) is 4.70. The van der Waals surface area contributed by atoms with Crippen LogP contribution in [0.4, 0.5) is 4.79 Å². The molecule has 29 heavy (non-hydrogen) atoms. The average Bonchev–Trinajstić information content (AvgIpc) is 3.19. The first kappa shape index (κ1) is 20.1. The van der Waals surface area contributed by atoms with Gasteiger partial charge in [-0.2, -0.15) is 0 Å². The molecule has 3 heterocycles. The smallest absolute Gasteiger partial charge is 0.410 e. The maximum Gasteiger partial charge on any atom is 0.410 e. The maximum atomic E-state index is 12.9. The zero-order chi connectivity index (χ0) is 20.2. The highest BCUT2D eigenvalue weighted by atomic mass is 32.1. The SMILES string of the molecule is CCOC(=O)N1CC[NH+](CC(=O)N2CCC[C@@H](c3nc4ccccc4s3)C2)CC1. The molecule has 0 radical (unpaired) electrons. The van der Waals surface area contributed by atoms with Crippen molar-refractivity contribution < 1.29 is 19.2 Å². The molecule has 2 saturated heterocycles. The summed E-state index contributed by atoms with van der Waals surface area (Å²) in [6.07, 6.45) is 1.88. The molecule has 2 amide bonds. The molecule has 2 aliphatic heterocycles. The number of nitrogens with one attached hydrogen (secondary N) is 1. The van der Waals surface area contributed by atoms with Gasteiger partial charge in [-0.05, 0) is 31.9 Å². The Labute approximate surface area is 175 Å². The normalized spacial score (nSPS) is 20.8.